The molecule has 1 fully saturated rings. The number of hydrogen-bond acceptors (Lipinski definition) is 9. The third kappa shape index (κ3) is 5.21. The number of amides is 1. The van der Waals surface area contributed by atoms with Gasteiger partial charge in [-0.15, -0.1) is 21.5 Å². The van der Waals surface area contributed by atoms with Crippen LogP contribution in [0.15, 0.2) is 36.7 Å². The lowest BCUT2D eigenvalue weighted by Crippen LogP contribution is -2.53. The van der Waals surface area contributed by atoms with E-state index in [0.717, 1.165) is 24.1 Å². The first-order valence-electron chi connectivity index (χ1n) is 11.1. The summed E-state index contributed by atoms with van der Waals surface area (Å²) in [7, 11) is 0. The molecule has 180 valence electrons. The zero-order valence-corrected chi connectivity index (χ0v) is 19.9. The van der Waals surface area contributed by atoms with Crippen LogP contribution in [0.4, 0.5) is 10.2 Å². The Morgan fingerprint density at radius 1 is 1.29 bits per heavy atom. The maximum Gasteiger partial charge on any atom is 0.240 e. The van der Waals surface area contributed by atoms with Gasteiger partial charge in [-0.3, -0.25) is 9.78 Å². The number of anilines is 1. The highest BCUT2D eigenvalue weighted by Gasteiger charge is 2.41. The minimum Gasteiger partial charge on any atom is -0.388 e. The van der Waals surface area contributed by atoms with E-state index in [1.807, 2.05) is 12.1 Å². The molecular formula is C23H28FN7O2S. The minimum atomic E-state index is -1.31. The van der Waals surface area contributed by atoms with Crippen LogP contribution in [0.1, 0.15) is 43.7 Å². The standard InChI is InChI=1S/C23H28FN7O2S/c1-22(2,33)18(25)20(32)27-11-14-12-28-21(34-14)16-6-7-17(31-30-16)29-13-23(8-4-9-23)19-15(24)5-3-10-26-19/h3,5-7,10,12,18,33H,4,8-9,11,13,25H2,1-2H3,(H,27,32)(H,29,31)/t18-/m1/s1. The number of thiazole rings is 1. The first-order chi connectivity index (χ1) is 16.2. The fraction of sp³-hybridized carbons (Fsp3) is 0.435. The van der Waals surface area contributed by atoms with Crippen LogP contribution < -0.4 is 16.4 Å². The molecule has 3 aromatic rings. The molecule has 3 aromatic heterocycles. The van der Waals surface area contributed by atoms with Gasteiger partial charge in [-0.2, -0.15) is 0 Å². The summed E-state index contributed by atoms with van der Waals surface area (Å²) in [5.74, 6) is -0.119. The molecule has 1 saturated carbocycles. The summed E-state index contributed by atoms with van der Waals surface area (Å²) in [4.78, 5) is 21.5. The Kier molecular flexibility index (Phi) is 6.87. The van der Waals surface area contributed by atoms with E-state index in [0.29, 0.717) is 28.8 Å². The van der Waals surface area contributed by atoms with Gasteiger partial charge in [0, 0.05) is 29.2 Å². The molecule has 0 saturated heterocycles. The van der Waals surface area contributed by atoms with Crippen LogP contribution in [0.25, 0.3) is 10.7 Å². The number of nitrogens with zero attached hydrogens (tertiary/aromatic N) is 4. The van der Waals surface area contributed by atoms with Crippen LogP contribution in [0.2, 0.25) is 0 Å². The fourth-order valence-electron chi connectivity index (χ4n) is 3.79. The van der Waals surface area contributed by atoms with E-state index in [2.05, 4.69) is 30.8 Å². The van der Waals surface area contributed by atoms with Crippen molar-refractivity contribution in [1.82, 2.24) is 25.5 Å². The number of hydrogen-bond donors (Lipinski definition) is 4. The molecule has 3 heterocycles. The highest BCUT2D eigenvalue weighted by molar-refractivity contribution is 7.15. The van der Waals surface area contributed by atoms with Crippen molar-refractivity contribution in [3.8, 4) is 10.7 Å². The number of carbonyl (C=O) groups is 1. The van der Waals surface area contributed by atoms with Crippen LogP contribution in [-0.2, 0) is 16.8 Å². The smallest absolute Gasteiger partial charge is 0.240 e. The molecular weight excluding hydrogens is 457 g/mol. The van der Waals surface area contributed by atoms with E-state index in [-0.39, 0.29) is 17.8 Å². The molecule has 1 atom stereocenters. The monoisotopic (exact) mass is 485 g/mol. The molecule has 4 rings (SSSR count). The first kappa shape index (κ1) is 24.1. The molecule has 5 N–H and O–H groups in total. The van der Waals surface area contributed by atoms with Crippen molar-refractivity contribution in [2.75, 3.05) is 11.9 Å². The highest BCUT2D eigenvalue weighted by Crippen LogP contribution is 2.43. The molecule has 34 heavy (non-hydrogen) atoms. The Balaban J connectivity index is 1.35. The second-order valence-electron chi connectivity index (χ2n) is 9.11. The average Bonchev–Trinajstić information content (AvgIpc) is 3.26. The van der Waals surface area contributed by atoms with Crippen LogP contribution in [-0.4, -0.2) is 49.4 Å². The van der Waals surface area contributed by atoms with Crippen molar-refractivity contribution in [1.29, 1.82) is 0 Å². The van der Waals surface area contributed by atoms with Gasteiger partial charge in [0.2, 0.25) is 5.91 Å². The summed E-state index contributed by atoms with van der Waals surface area (Å²) >= 11 is 1.38. The van der Waals surface area contributed by atoms with Gasteiger partial charge in [0.25, 0.3) is 0 Å². The Bertz CT molecular complexity index is 1140. The zero-order valence-electron chi connectivity index (χ0n) is 19.1. The van der Waals surface area contributed by atoms with Crippen molar-refractivity contribution in [2.24, 2.45) is 5.73 Å². The van der Waals surface area contributed by atoms with Crippen LogP contribution in [0, 0.1) is 5.82 Å². The summed E-state index contributed by atoms with van der Waals surface area (Å²) in [5.41, 5.74) is 5.23. The summed E-state index contributed by atoms with van der Waals surface area (Å²) in [6.07, 6.45) is 6.07. The van der Waals surface area contributed by atoms with Gasteiger partial charge in [0.05, 0.1) is 17.8 Å². The summed E-state index contributed by atoms with van der Waals surface area (Å²) in [6.45, 7) is 3.76. The molecule has 0 aromatic carbocycles. The molecule has 0 aliphatic heterocycles. The Morgan fingerprint density at radius 3 is 2.71 bits per heavy atom. The number of carbonyl (C=O) groups excluding carboxylic acids is 1. The van der Waals surface area contributed by atoms with E-state index in [1.54, 1.807) is 18.5 Å². The lowest BCUT2D eigenvalue weighted by Gasteiger charge is -2.41. The van der Waals surface area contributed by atoms with Crippen molar-refractivity contribution in [3.63, 3.8) is 0 Å². The van der Waals surface area contributed by atoms with Crippen LogP contribution in [0.3, 0.4) is 0 Å². The lowest BCUT2D eigenvalue weighted by molar-refractivity contribution is -0.127. The number of nitrogens with two attached hydrogens (primary N) is 1. The molecule has 0 spiro atoms. The molecule has 9 nitrogen and oxygen atoms in total. The quantitative estimate of drug-likeness (QED) is 0.362. The number of aliphatic hydroxyl groups is 1. The number of rotatable bonds is 9. The van der Waals surface area contributed by atoms with Gasteiger partial charge >= 0.3 is 0 Å². The van der Waals surface area contributed by atoms with Crippen molar-refractivity contribution < 1.29 is 14.3 Å². The maximum absolute atomic E-state index is 14.3. The van der Waals surface area contributed by atoms with E-state index in [4.69, 9.17) is 5.73 Å². The Labute approximate surface area is 201 Å². The summed E-state index contributed by atoms with van der Waals surface area (Å²) in [5, 5.41) is 25.0. The predicted molar refractivity (Wildman–Crippen MR) is 127 cm³/mol. The highest BCUT2D eigenvalue weighted by atomic mass is 32.1. The summed E-state index contributed by atoms with van der Waals surface area (Å²) < 4.78 is 14.3. The van der Waals surface area contributed by atoms with Crippen molar-refractivity contribution >= 4 is 23.1 Å². The topological polar surface area (TPSA) is 139 Å². The number of nitrogens with one attached hydrogen (secondary N) is 2. The fourth-order valence-corrected chi connectivity index (χ4v) is 4.61. The largest absolute Gasteiger partial charge is 0.388 e. The van der Waals surface area contributed by atoms with Gasteiger partial charge in [0.15, 0.2) is 0 Å². The molecule has 1 aliphatic rings. The molecule has 0 bridgehead atoms. The van der Waals surface area contributed by atoms with Gasteiger partial charge in [-0.05, 0) is 51.0 Å². The van der Waals surface area contributed by atoms with Gasteiger partial charge < -0.3 is 21.5 Å². The molecule has 0 unspecified atom stereocenters. The van der Waals surface area contributed by atoms with Gasteiger partial charge in [-0.25, -0.2) is 9.37 Å². The van der Waals surface area contributed by atoms with E-state index in [1.165, 1.54) is 31.3 Å². The third-order valence-electron chi connectivity index (χ3n) is 6.10. The zero-order chi connectivity index (χ0) is 24.3. The SMILES string of the molecule is CC(C)(O)[C@H](N)C(=O)NCc1cnc(-c2ccc(NCC3(c4ncccc4F)CCC3)nn2)s1. The predicted octanol–water partition coefficient (Wildman–Crippen LogP) is 2.38. The van der Waals surface area contributed by atoms with E-state index >= 15 is 0 Å². The molecule has 1 amide bonds. The van der Waals surface area contributed by atoms with Gasteiger partial charge in [-0.1, -0.05) is 6.42 Å². The second kappa shape index (κ2) is 9.69. The van der Waals surface area contributed by atoms with Gasteiger partial charge in [0.1, 0.15) is 28.4 Å². The maximum atomic E-state index is 14.3. The van der Waals surface area contributed by atoms with Crippen molar-refractivity contribution in [2.45, 2.75) is 56.7 Å². The Morgan fingerprint density at radius 2 is 2.09 bits per heavy atom. The lowest BCUT2D eigenvalue weighted by atomic mass is 9.66. The Hall–Kier alpha value is -3.02. The number of halogens is 1. The first-order valence-corrected chi connectivity index (χ1v) is 11.9. The minimum absolute atomic E-state index is 0.250. The number of aromatic nitrogens is 4. The average molecular weight is 486 g/mol. The third-order valence-corrected chi connectivity index (χ3v) is 7.12. The van der Waals surface area contributed by atoms with E-state index in [9.17, 15) is 14.3 Å². The molecule has 1 aliphatic carbocycles. The molecule has 11 heteroatoms. The summed E-state index contributed by atoms with van der Waals surface area (Å²) in [6, 6.07) is 5.65. The molecule has 0 radical (unpaired) electrons. The number of pyridine rings is 1. The van der Waals surface area contributed by atoms with E-state index < -0.39 is 17.6 Å². The van der Waals surface area contributed by atoms with Crippen LogP contribution in [0.5, 0.6) is 0 Å². The van der Waals surface area contributed by atoms with Crippen LogP contribution >= 0.6 is 11.3 Å². The van der Waals surface area contributed by atoms with Crippen molar-refractivity contribution in [3.05, 3.63) is 53.0 Å². The second-order valence-corrected chi connectivity index (χ2v) is 10.2. The normalized spacial score (nSPS) is 15.9.